The summed E-state index contributed by atoms with van der Waals surface area (Å²) in [6, 6.07) is 0.416. The van der Waals surface area contributed by atoms with Crippen LogP contribution in [0.4, 0.5) is 0 Å². The molecule has 2 fully saturated rings. The average Bonchev–Trinajstić information content (AvgIpc) is 2.80. The Morgan fingerprint density at radius 2 is 1.87 bits per heavy atom. The van der Waals surface area contributed by atoms with Crippen molar-refractivity contribution in [3.05, 3.63) is 11.6 Å². The first-order valence-corrected chi connectivity index (χ1v) is 9.11. The van der Waals surface area contributed by atoms with E-state index in [1.54, 1.807) is 0 Å². The molecule has 1 aromatic heterocycles. The second kappa shape index (κ2) is 7.90. The number of hydrogen-bond acceptors (Lipinski definition) is 4. The maximum atomic E-state index is 12.5. The third-order valence-corrected chi connectivity index (χ3v) is 5.17. The van der Waals surface area contributed by atoms with E-state index in [0.717, 1.165) is 57.0 Å². The molecule has 1 aliphatic heterocycles. The molecule has 0 spiro atoms. The van der Waals surface area contributed by atoms with E-state index < -0.39 is 0 Å². The van der Waals surface area contributed by atoms with Gasteiger partial charge in [0.15, 0.2) is 5.82 Å². The fraction of sp³-hybridized carbons (Fsp3) is 0.824. The van der Waals surface area contributed by atoms with Crippen molar-refractivity contribution < 1.29 is 4.79 Å². The van der Waals surface area contributed by atoms with E-state index in [1.807, 2.05) is 6.92 Å². The highest BCUT2D eigenvalue weighted by Gasteiger charge is 2.27. The molecule has 0 unspecified atom stereocenters. The number of amides is 1. The number of aromatic amines is 1. The number of piperidine rings is 1. The first kappa shape index (κ1) is 16.4. The van der Waals surface area contributed by atoms with Crippen LogP contribution in [0.2, 0.25) is 0 Å². The Kier molecular flexibility index (Phi) is 5.65. The minimum absolute atomic E-state index is 0.184. The summed E-state index contributed by atoms with van der Waals surface area (Å²) < 4.78 is 0. The molecule has 1 amide bonds. The van der Waals surface area contributed by atoms with Gasteiger partial charge in [0.1, 0.15) is 5.82 Å². The van der Waals surface area contributed by atoms with Gasteiger partial charge in [-0.1, -0.05) is 25.7 Å². The molecule has 1 saturated carbocycles. The van der Waals surface area contributed by atoms with Crippen molar-refractivity contribution >= 4 is 5.91 Å². The first-order valence-electron chi connectivity index (χ1n) is 9.11. The Morgan fingerprint density at radius 3 is 2.48 bits per heavy atom. The predicted octanol–water partition coefficient (Wildman–Crippen LogP) is 2.16. The molecule has 128 valence electrons. The molecule has 2 heterocycles. The molecule has 6 nitrogen and oxygen atoms in total. The fourth-order valence-corrected chi connectivity index (χ4v) is 3.76. The van der Waals surface area contributed by atoms with E-state index in [1.165, 1.54) is 25.7 Å². The molecule has 0 aromatic carbocycles. The zero-order valence-electron chi connectivity index (χ0n) is 14.2. The van der Waals surface area contributed by atoms with E-state index in [0.29, 0.717) is 6.04 Å². The van der Waals surface area contributed by atoms with Crippen LogP contribution in [0.3, 0.4) is 0 Å². The molecular formula is C17H29N5O. The predicted molar refractivity (Wildman–Crippen MR) is 88.8 cm³/mol. The van der Waals surface area contributed by atoms with Crippen molar-refractivity contribution in [3.63, 3.8) is 0 Å². The normalized spacial score (nSPS) is 22.0. The van der Waals surface area contributed by atoms with Crippen LogP contribution in [0, 0.1) is 12.8 Å². The Bertz CT molecular complexity index is 499. The maximum absolute atomic E-state index is 12.5. The van der Waals surface area contributed by atoms with Gasteiger partial charge in [0.25, 0.3) is 0 Å². The van der Waals surface area contributed by atoms with Crippen molar-refractivity contribution in [2.45, 2.75) is 70.9 Å². The Morgan fingerprint density at radius 1 is 1.17 bits per heavy atom. The van der Waals surface area contributed by atoms with Crippen LogP contribution in [0.5, 0.6) is 0 Å². The van der Waals surface area contributed by atoms with Crippen molar-refractivity contribution in [1.82, 2.24) is 25.4 Å². The lowest BCUT2D eigenvalue weighted by Crippen LogP contribution is -2.43. The van der Waals surface area contributed by atoms with Crippen LogP contribution in [0.25, 0.3) is 0 Å². The van der Waals surface area contributed by atoms with E-state index in [4.69, 9.17) is 0 Å². The number of rotatable bonds is 4. The van der Waals surface area contributed by atoms with Gasteiger partial charge in [-0.3, -0.25) is 14.8 Å². The number of nitrogens with one attached hydrogen (secondary N) is 2. The molecule has 23 heavy (non-hydrogen) atoms. The average molecular weight is 319 g/mol. The van der Waals surface area contributed by atoms with Gasteiger partial charge in [-0.2, -0.15) is 5.10 Å². The minimum atomic E-state index is 0.184. The highest BCUT2D eigenvalue weighted by atomic mass is 16.1. The molecule has 3 rings (SSSR count). The summed E-state index contributed by atoms with van der Waals surface area (Å²) in [5, 5.41) is 10.4. The van der Waals surface area contributed by atoms with E-state index >= 15 is 0 Å². The Hall–Kier alpha value is -1.43. The topological polar surface area (TPSA) is 73.9 Å². The number of H-pyrrole nitrogens is 1. The summed E-state index contributed by atoms with van der Waals surface area (Å²) in [7, 11) is 0. The molecule has 2 aliphatic rings. The minimum Gasteiger partial charge on any atom is -0.353 e. The van der Waals surface area contributed by atoms with Crippen LogP contribution < -0.4 is 5.32 Å². The summed E-state index contributed by atoms with van der Waals surface area (Å²) in [5.41, 5.74) is 0. The van der Waals surface area contributed by atoms with Gasteiger partial charge in [0.2, 0.25) is 5.91 Å². The number of aromatic nitrogens is 3. The lowest BCUT2D eigenvalue weighted by Gasteiger charge is -2.31. The first-order chi connectivity index (χ1) is 11.2. The van der Waals surface area contributed by atoms with Crippen LogP contribution in [0.15, 0.2) is 0 Å². The van der Waals surface area contributed by atoms with E-state index in [9.17, 15) is 4.79 Å². The van der Waals surface area contributed by atoms with Gasteiger partial charge in [-0.05, 0) is 45.7 Å². The maximum Gasteiger partial charge on any atom is 0.223 e. The Balaban J connectivity index is 1.41. The largest absolute Gasteiger partial charge is 0.353 e. The third-order valence-electron chi connectivity index (χ3n) is 5.17. The van der Waals surface area contributed by atoms with Crippen LogP contribution in [-0.2, 0) is 11.3 Å². The van der Waals surface area contributed by atoms with Crippen LogP contribution in [0.1, 0.15) is 63.0 Å². The number of nitrogens with zero attached hydrogens (tertiary/aromatic N) is 3. The zero-order chi connectivity index (χ0) is 16.1. The summed E-state index contributed by atoms with van der Waals surface area (Å²) >= 11 is 0. The quantitative estimate of drug-likeness (QED) is 0.834. The van der Waals surface area contributed by atoms with Gasteiger partial charge < -0.3 is 5.32 Å². The zero-order valence-corrected chi connectivity index (χ0v) is 14.2. The number of carbonyl (C=O) groups excluding carboxylic acids is 1. The van der Waals surface area contributed by atoms with Crippen molar-refractivity contribution in [2.75, 3.05) is 13.1 Å². The molecule has 1 aromatic rings. The summed E-state index contributed by atoms with van der Waals surface area (Å²) in [6.07, 6.45) is 9.39. The molecule has 2 N–H and O–H groups in total. The second-order valence-electron chi connectivity index (χ2n) is 7.08. The molecule has 0 atom stereocenters. The monoisotopic (exact) mass is 319 g/mol. The number of hydrogen-bond donors (Lipinski definition) is 2. The third kappa shape index (κ3) is 4.77. The molecule has 1 saturated heterocycles. The number of carbonyl (C=O) groups is 1. The van der Waals surface area contributed by atoms with E-state index in [2.05, 4.69) is 25.4 Å². The van der Waals surface area contributed by atoms with Crippen LogP contribution >= 0.6 is 0 Å². The SMILES string of the molecule is Cc1nc(CN2CCC(C(=O)NC3CCCCCC3)CC2)n[nH]1. The smallest absolute Gasteiger partial charge is 0.223 e. The molecule has 0 bridgehead atoms. The van der Waals surface area contributed by atoms with Gasteiger partial charge in [0, 0.05) is 12.0 Å². The Labute approximate surface area is 138 Å². The fourth-order valence-electron chi connectivity index (χ4n) is 3.76. The van der Waals surface area contributed by atoms with Crippen LogP contribution in [-0.4, -0.2) is 45.1 Å². The van der Waals surface area contributed by atoms with Gasteiger partial charge in [-0.25, -0.2) is 4.98 Å². The highest BCUT2D eigenvalue weighted by molar-refractivity contribution is 5.79. The lowest BCUT2D eigenvalue weighted by atomic mass is 9.95. The number of likely N-dealkylation sites (tertiary alicyclic amines) is 1. The molecule has 6 heteroatoms. The summed E-state index contributed by atoms with van der Waals surface area (Å²) in [5.74, 6) is 2.18. The van der Waals surface area contributed by atoms with Crippen molar-refractivity contribution in [2.24, 2.45) is 5.92 Å². The summed E-state index contributed by atoms with van der Waals surface area (Å²) in [4.78, 5) is 19.2. The van der Waals surface area contributed by atoms with Gasteiger partial charge in [-0.15, -0.1) is 0 Å². The molecular weight excluding hydrogens is 290 g/mol. The highest BCUT2D eigenvalue weighted by Crippen LogP contribution is 2.21. The molecule has 1 aliphatic carbocycles. The molecule has 0 radical (unpaired) electrons. The van der Waals surface area contributed by atoms with Gasteiger partial charge in [0.05, 0.1) is 6.54 Å². The van der Waals surface area contributed by atoms with Crippen molar-refractivity contribution in [3.8, 4) is 0 Å². The lowest BCUT2D eigenvalue weighted by molar-refractivity contribution is -0.127. The van der Waals surface area contributed by atoms with Gasteiger partial charge >= 0.3 is 0 Å². The van der Waals surface area contributed by atoms with Crippen molar-refractivity contribution in [1.29, 1.82) is 0 Å². The second-order valence-corrected chi connectivity index (χ2v) is 7.08. The standard InChI is InChI=1S/C17H29N5O/c1-13-18-16(21-20-13)12-22-10-8-14(9-11-22)17(23)19-15-6-4-2-3-5-7-15/h14-15H,2-12H2,1H3,(H,19,23)(H,18,20,21). The number of aryl methyl sites for hydroxylation is 1. The summed E-state index contributed by atoms with van der Waals surface area (Å²) in [6.45, 7) is 4.61. The van der Waals surface area contributed by atoms with E-state index in [-0.39, 0.29) is 11.8 Å².